The Kier molecular flexibility index (Phi) is 6.23. The van der Waals surface area contributed by atoms with Crippen molar-refractivity contribution in [1.29, 1.82) is 0 Å². The zero-order chi connectivity index (χ0) is 17.7. The van der Waals surface area contributed by atoms with E-state index < -0.39 is 0 Å². The van der Waals surface area contributed by atoms with Gasteiger partial charge in [-0.25, -0.2) is 0 Å². The third kappa shape index (κ3) is 4.70. The molecule has 2 unspecified atom stereocenters. The normalized spacial score (nSPS) is 21.0. The molecule has 1 aliphatic rings. The highest BCUT2D eigenvalue weighted by Gasteiger charge is 2.28. The van der Waals surface area contributed by atoms with Crippen LogP contribution in [0.5, 0.6) is 0 Å². The second-order valence-electron chi connectivity index (χ2n) is 7.27. The average Bonchev–Trinajstić information content (AvgIpc) is 2.97. The lowest BCUT2D eigenvalue weighted by Gasteiger charge is -2.36. The third-order valence-corrected chi connectivity index (χ3v) is 4.37. The van der Waals surface area contributed by atoms with E-state index in [9.17, 15) is 0 Å². The summed E-state index contributed by atoms with van der Waals surface area (Å²) in [6.07, 6.45) is 4.01. The smallest absolute Gasteiger partial charge is 0.193 e. The summed E-state index contributed by atoms with van der Waals surface area (Å²) in [5.74, 6) is 0.887. The molecule has 1 fully saturated rings. The molecule has 1 aromatic heterocycles. The summed E-state index contributed by atoms with van der Waals surface area (Å²) in [5.41, 5.74) is 1.17. The number of morpholine rings is 1. The highest BCUT2D eigenvalue weighted by molar-refractivity contribution is 5.80. The number of methoxy groups -OCH3 is 1. The number of aryl methyl sites for hydroxylation is 1. The molecule has 24 heavy (non-hydrogen) atoms. The minimum absolute atomic E-state index is 0.0202. The predicted molar refractivity (Wildman–Crippen MR) is 95.1 cm³/mol. The summed E-state index contributed by atoms with van der Waals surface area (Å²) in [7, 11) is 5.49. The van der Waals surface area contributed by atoms with Crippen LogP contribution in [-0.4, -0.2) is 67.1 Å². The molecule has 7 nitrogen and oxygen atoms in total. The summed E-state index contributed by atoms with van der Waals surface area (Å²) >= 11 is 0. The van der Waals surface area contributed by atoms with Crippen LogP contribution in [0.15, 0.2) is 17.4 Å². The zero-order valence-electron chi connectivity index (χ0n) is 15.7. The van der Waals surface area contributed by atoms with Crippen LogP contribution in [0.2, 0.25) is 0 Å². The van der Waals surface area contributed by atoms with Gasteiger partial charge in [0.15, 0.2) is 5.96 Å². The number of aromatic nitrogens is 2. The van der Waals surface area contributed by atoms with Gasteiger partial charge in [-0.2, -0.15) is 5.10 Å². The lowest BCUT2D eigenvalue weighted by Crippen LogP contribution is -2.51. The molecule has 0 bridgehead atoms. The summed E-state index contributed by atoms with van der Waals surface area (Å²) in [6, 6.07) is 0. The first-order chi connectivity index (χ1) is 11.3. The molecule has 136 valence electrons. The van der Waals surface area contributed by atoms with Crippen molar-refractivity contribution in [2.45, 2.75) is 33.0 Å². The average molecular weight is 337 g/mol. The Morgan fingerprint density at radius 1 is 1.54 bits per heavy atom. The van der Waals surface area contributed by atoms with Gasteiger partial charge in [0, 0.05) is 46.1 Å². The Labute approximate surface area is 145 Å². The third-order valence-electron chi connectivity index (χ3n) is 4.37. The van der Waals surface area contributed by atoms with Crippen LogP contribution in [-0.2, 0) is 16.5 Å². The van der Waals surface area contributed by atoms with Gasteiger partial charge >= 0.3 is 0 Å². The Morgan fingerprint density at radius 2 is 2.29 bits per heavy atom. The molecule has 2 atom stereocenters. The molecule has 1 aliphatic heterocycles. The van der Waals surface area contributed by atoms with Gasteiger partial charge in [-0.05, 0) is 5.41 Å². The largest absolute Gasteiger partial charge is 0.379 e. The number of hydrogen-bond acceptors (Lipinski definition) is 4. The molecular formula is C17H31N5O2. The molecule has 1 N–H and O–H groups in total. The molecule has 2 heterocycles. The Balaban J connectivity index is 1.97. The van der Waals surface area contributed by atoms with Crippen molar-refractivity contribution in [3.8, 4) is 0 Å². The lowest BCUT2D eigenvalue weighted by molar-refractivity contribution is -0.00943. The van der Waals surface area contributed by atoms with E-state index in [4.69, 9.17) is 9.47 Å². The Hall–Kier alpha value is -1.60. The van der Waals surface area contributed by atoms with Crippen molar-refractivity contribution >= 4 is 5.96 Å². The van der Waals surface area contributed by atoms with Gasteiger partial charge in [-0.3, -0.25) is 9.67 Å². The van der Waals surface area contributed by atoms with Gasteiger partial charge in [0.1, 0.15) is 6.10 Å². The molecule has 0 radical (unpaired) electrons. The fraction of sp³-hybridized carbons (Fsp3) is 0.765. The molecule has 0 aliphatic carbocycles. The second kappa shape index (κ2) is 7.98. The predicted octanol–water partition coefficient (Wildman–Crippen LogP) is 1.43. The van der Waals surface area contributed by atoms with Crippen LogP contribution in [0.4, 0.5) is 0 Å². The highest BCUT2D eigenvalue weighted by Crippen LogP contribution is 2.23. The SMILES string of the molecule is CN=C(NCC(OC)C(C)(C)C)N1CCOC(c2cnn(C)c2)C1. The van der Waals surface area contributed by atoms with E-state index in [0.29, 0.717) is 6.61 Å². The van der Waals surface area contributed by atoms with Gasteiger partial charge in [0.05, 0.1) is 25.5 Å². The molecule has 1 aromatic rings. The minimum atomic E-state index is 0.0202. The van der Waals surface area contributed by atoms with Crippen LogP contribution < -0.4 is 5.32 Å². The quantitative estimate of drug-likeness (QED) is 0.665. The number of nitrogens with one attached hydrogen (secondary N) is 1. The minimum Gasteiger partial charge on any atom is -0.379 e. The van der Waals surface area contributed by atoms with Gasteiger partial charge in [0.2, 0.25) is 0 Å². The molecular weight excluding hydrogens is 306 g/mol. The molecule has 7 heteroatoms. The molecule has 0 amide bonds. The van der Waals surface area contributed by atoms with Crippen LogP contribution in [0.25, 0.3) is 0 Å². The monoisotopic (exact) mass is 337 g/mol. The molecule has 0 aromatic carbocycles. The van der Waals surface area contributed by atoms with E-state index >= 15 is 0 Å². The van der Waals surface area contributed by atoms with E-state index in [0.717, 1.165) is 31.2 Å². The van der Waals surface area contributed by atoms with Gasteiger partial charge in [-0.1, -0.05) is 20.8 Å². The number of rotatable bonds is 4. The van der Waals surface area contributed by atoms with Gasteiger partial charge < -0.3 is 19.7 Å². The Morgan fingerprint density at radius 3 is 2.83 bits per heavy atom. The molecule has 0 saturated carbocycles. The zero-order valence-corrected chi connectivity index (χ0v) is 15.7. The summed E-state index contributed by atoms with van der Waals surface area (Å²) in [6.45, 7) is 9.52. The molecule has 0 spiro atoms. The first-order valence-electron chi connectivity index (χ1n) is 8.43. The number of guanidine groups is 1. The van der Waals surface area contributed by atoms with E-state index in [-0.39, 0.29) is 17.6 Å². The van der Waals surface area contributed by atoms with Crippen molar-refractivity contribution in [1.82, 2.24) is 20.0 Å². The van der Waals surface area contributed by atoms with E-state index in [1.807, 2.05) is 26.5 Å². The fourth-order valence-corrected chi connectivity index (χ4v) is 2.91. The van der Waals surface area contributed by atoms with E-state index in [2.05, 4.69) is 41.1 Å². The standard InChI is InChI=1S/C17H31N5O2/c1-17(2,3)15(23-6)10-19-16(18-4)22-7-8-24-14(12-22)13-9-20-21(5)11-13/h9,11,14-15H,7-8,10,12H2,1-6H3,(H,18,19). The lowest BCUT2D eigenvalue weighted by atomic mass is 9.89. The van der Waals surface area contributed by atoms with Crippen LogP contribution in [0, 0.1) is 5.41 Å². The van der Waals surface area contributed by atoms with Crippen molar-refractivity contribution < 1.29 is 9.47 Å². The first kappa shape index (κ1) is 18.7. The first-order valence-corrected chi connectivity index (χ1v) is 8.43. The molecule has 1 saturated heterocycles. The summed E-state index contributed by atoms with van der Waals surface area (Å²) in [5, 5.41) is 7.68. The number of aliphatic imine (C=N–C) groups is 1. The highest BCUT2D eigenvalue weighted by atomic mass is 16.5. The maximum Gasteiger partial charge on any atom is 0.193 e. The number of ether oxygens (including phenoxy) is 2. The fourth-order valence-electron chi connectivity index (χ4n) is 2.91. The van der Waals surface area contributed by atoms with Crippen molar-refractivity contribution in [3.05, 3.63) is 18.0 Å². The van der Waals surface area contributed by atoms with E-state index in [1.165, 1.54) is 0 Å². The van der Waals surface area contributed by atoms with Crippen LogP contribution in [0.3, 0.4) is 0 Å². The van der Waals surface area contributed by atoms with E-state index in [1.54, 1.807) is 11.8 Å². The summed E-state index contributed by atoms with van der Waals surface area (Å²) < 4.78 is 13.3. The van der Waals surface area contributed by atoms with Crippen molar-refractivity contribution in [2.24, 2.45) is 17.5 Å². The maximum atomic E-state index is 5.90. The van der Waals surface area contributed by atoms with Crippen LogP contribution in [0.1, 0.15) is 32.4 Å². The van der Waals surface area contributed by atoms with Crippen LogP contribution >= 0.6 is 0 Å². The summed E-state index contributed by atoms with van der Waals surface area (Å²) in [4.78, 5) is 6.67. The molecule has 2 rings (SSSR count). The topological polar surface area (TPSA) is 63.9 Å². The number of hydrogen-bond donors (Lipinski definition) is 1. The Bertz CT molecular complexity index is 549. The van der Waals surface area contributed by atoms with Crippen molar-refractivity contribution in [2.75, 3.05) is 40.4 Å². The second-order valence-corrected chi connectivity index (χ2v) is 7.27. The van der Waals surface area contributed by atoms with Gasteiger partial charge in [0.25, 0.3) is 0 Å². The maximum absolute atomic E-state index is 5.90. The number of nitrogens with zero attached hydrogens (tertiary/aromatic N) is 4. The van der Waals surface area contributed by atoms with Crippen molar-refractivity contribution in [3.63, 3.8) is 0 Å². The van der Waals surface area contributed by atoms with Gasteiger partial charge in [-0.15, -0.1) is 0 Å².